The molecule has 1 aliphatic rings. The quantitative estimate of drug-likeness (QED) is 0.121. The molecule has 1 saturated heterocycles. The van der Waals surface area contributed by atoms with Crippen molar-refractivity contribution in [3.05, 3.63) is 35.9 Å². The van der Waals surface area contributed by atoms with Crippen LogP contribution < -0.4 is 16.0 Å². The fraction of sp³-hybridized carbons (Fsp3) is 0.744. The molecule has 1 aliphatic heterocycles. The number of aliphatic hydroxyl groups excluding tert-OH is 2. The number of carbonyl (C=O) groups excluding carboxylic acids is 4. The van der Waals surface area contributed by atoms with Crippen LogP contribution in [0.5, 0.6) is 0 Å². The Labute approximate surface area is 306 Å². The maximum Gasteiger partial charge on any atom is 0.238 e. The van der Waals surface area contributed by atoms with E-state index in [9.17, 15) is 29.4 Å². The molecule has 12 nitrogen and oxygen atoms in total. The lowest BCUT2D eigenvalue weighted by Crippen LogP contribution is -2.65. The zero-order valence-corrected chi connectivity index (χ0v) is 32.9. The van der Waals surface area contributed by atoms with Crippen LogP contribution in [0.25, 0.3) is 0 Å². The molecule has 5 N–H and O–H groups in total. The number of benzene rings is 1. The van der Waals surface area contributed by atoms with Crippen LogP contribution in [0.2, 0.25) is 0 Å². The topological polar surface area (TPSA) is 161 Å². The van der Waals surface area contributed by atoms with Crippen LogP contribution >= 0.6 is 0 Å². The summed E-state index contributed by atoms with van der Waals surface area (Å²) in [6, 6.07) is 7.18. The molecule has 0 saturated carbocycles. The Bertz CT molecular complexity index is 1250. The van der Waals surface area contributed by atoms with Crippen molar-refractivity contribution in [2.45, 2.75) is 129 Å². The maximum atomic E-state index is 14.0. The van der Waals surface area contributed by atoms with Crippen molar-refractivity contribution in [2.24, 2.45) is 23.7 Å². The monoisotopic (exact) mass is 718 g/mol. The number of aliphatic hydroxyl groups is 2. The number of nitrogens with zero attached hydrogens (tertiary/aromatic N) is 2. The third kappa shape index (κ3) is 11.3. The number of ether oxygens (including phenoxy) is 1. The van der Waals surface area contributed by atoms with Crippen LogP contribution in [0, 0.1) is 23.7 Å². The van der Waals surface area contributed by atoms with Gasteiger partial charge in [0, 0.05) is 26.2 Å². The highest BCUT2D eigenvalue weighted by molar-refractivity contribution is 5.86. The van der Waals surface area contributed by atoms with E-state index in [4.69, 9.17) is 4.74 Å². The lowest BCUT2D eigenvalue weighted by Gasteiger charge is -2.44. The van der Waals surface area contributed by atoms with Gasteiger partial charge in [-0.3, -0.25) is 19.3 Å². The van der Waals surface area contributed by atoms with Crippen LogP contribution in [0.1, 0.15) is 92.7 Å². The number of hydrogen-bond donors (Lipinski definition) is 5. The normalized spacial score (nSPS) is 20.9. The standard InChI is InChI=1S/C39H67N5O7/c1-12-26(6)34(43(10)22-39(23-45,25(4)5)42-38(50)33(40-9)24(2)3)31(51-11)21-32(46)44-20-16-19-30(44)35(47)27(7)37(49)41-28(8)36(48)29-17-14-13-15-18-29/h13-15,17-18,23-28,30-31,33-36,40,47-48H,12,16,19-22H2,1-11H3,(H,41,49)(H,42,50)/t26-,27+,28+,30-,31?,33-,34?,35+,36+,39?/m0/s1. The Morgan fingerprint density at radius 2 is 1.69 bits per heavy atom. The Morgan fingerprint density at radius 1 is 1.06 bits per heavy atom. The van der Waals surface area contributed by atoms with E-state index in [0.29, 0.717) is 24.9 Å². The second-order valence-corrected chi connectivity index (χ2v) is 15.3. The molecular formula is C39H67N5O7. The van der Waals surface area contributed by atoms with Crippen molar-refractivity contribution in [1.82, 2.24) is 25.8 Å². The first-order chi connectivity index (χ1) is 24.0. The van der Waals surface area contributed by atoms with Crippen LogP contribution in [-0.2, 0) is 23.9 Å². The fourth-order valence-corrected chi connectivity index (χ4v) is 7.44. The molecule has 3 unspecified atom stereocenters. The van der Waals surface area contributed by atoms with E-state index < -0.39 is 53.8 Å². The van der Waals surface area contributed by atoms with E-state index in [1.807, 2.05) is 57.8 Å². The second-order valence-electron chi connectivity index (χ2n) is 15.3. The molecule has 0 bridgehead atoms. The van der Waals surface area contributed by atoms with E-state index >= 15 is 0 Å². The number of rotatable bonds is 21. The van der Waals surface area contributed by atoms with Gasteiger partial charge in [0.05, 0.1) is 48.8 Å². The molecule has 1 aromatic rings. The van der Waals surface area contributed by atoms with Gasteiger partial charge in [0.1, 0.15) is 11.8 Å². The molecular weight excluding hydrogens is 650 g/mol. The number of carbonyl (C=O) groups is 4. The summed E-state index contributed by atoms with van der Waals surface area (Å²) < 4.78 is 6.02. The summed E-state index contributed by atoms with van der Waals surface area (Å²) in [5.41, 5.74) is -0.501. The van der Waals surface area contributed by atoms with Gasteiger partial charge in [-0.25, -0.2) is 0 Å². The first-order valence-corrected chi connectivity index (χ1v) is 18.7. The van der Waals surface area contributed by atoms with Crippen LogP contribution in [0.15, 0.2) is 30.3 Å². The summed E-state index contributed by atoms with van der Waals surface area (Å²) in [6.07, 6.45) is 0.330. The Hall–Kier alpha value is -2.90. The van der Waals surface area contributed by atoms with Crippen molar-refractivity contribution in [2.75, 3.05) is 34.3 Å². The summed E-state index contributed by atoms with van der Waals surface area (Å²) >= 11 is 0. The van der Waals surface area contributed by atoms with E-state index in [1.54, 1.807) is 45.0 Å². The van der Waals surface area contributed by atoms with Crippen molar-refractivity contribution >= 4 is 24.0 Å². The molecule has 1 fully saturated rings. The first kappa shape index (κ1) is 44.3. The van der Waals surface area contributed by atoms with E-state index in [0.717, 1.165) is 12.7 Å². The van der Waals surface area contributed by atoms with Gasteiger partial charge < -0.3 is 40.6 Å². The van der Waals surface area contributed by atoms with Gasteiger partial charge in [-0.2, -0.15) is 0 Å². The van der Waals surface area contributed by atoms with Gasteiger partial charge in [0.25, 0.3) is 0 Å². The second kappa shape index (κ2) is 20.4. The molecule has 1 aromatic carbocycles. The smallest absolute Gasteiger partial charge is 0.238 e. The Balaban J connectivity index is 2.23. The summed E-state index contributed by atoms with van der Waals surface area (Å²) in [6.45, 7) is 15.9. The summed E-state index contributed by atoms with van der Waals surface area (Å²) in [5.74, 6) is -1.79. The zero-order chi connectivity index (χ0) is 38.6. The lowest BCUT2D eigenvalue weighted by atomic mass is 9.84. The summed E-state index contributed by atoms with van der Waals surface area (Å²) in [7, 11) is 5.20. The van der Waals surface area contributed by atoms with Gasteiger partial charge >= 0.3 is 0 Å². The maximum absolute atomic E-state index is 14.0. The van der Waals surface area contributed by atoms with Crippen molar-refractivity contribution < 1.29 is 34.1 Å². The van der Waals surface area contributed by atoms with Crippen molar-refractivity contribution in [3.63, 3.8) is 0 Å². The van der Waals surface area contributed by atoms with E-state index in [1.165, 1.54) is 0 Å². The minimum Gasteiger partial charge on any atom is -0.390 e. The highest BCUT2D eigenvalue weighted by Gasteiger charge is 2.44. The van der Waals surface area contributed by atoms with Gasteiger partial charge in [-0.15, -0.1) is 0 Å². The third-order valence-electron chi connectivity index (χ3n) is 11.1. The van der Waals surface area contributed by atoms with Crippen LogP contribution in [0.4, 0.5) is 0 Å². The predicted octanol–water partition coefficient (Wildman–Crippen LogP) is 2.92. The molecule has 12 heteroatoms. The van der Waals surface area contributed by atoms with E-state index in [2.05, 4.69) is 29.8 Å². The fourth-order valence-electron chi connectivity index (χ4n) is 7.44. The minimum atomic E-state index is -1.18. The molecule has 0 aromatic heterocycles. The molecule has 51 heavy (non-hydrogen) atoms. The summed E-state index contributed by atoms with van der Waals surface area (Å²) in [5, 5.41) is 31.1. The third-order valence-corrected chi connectivity index (χ3v) is 11.1. The average molecular weight is 718 g/mol. The Morgan fingerprint density at radius 3 is 2.20 bits per heavy atom. The molecule has 0 spiro atoms. The molecule has 290 valence electrons. The highest BCUT2D eigenvalue weighted by atomic mass is 16.5. The largest absolute Gasteiger partial charge is 0.390 e. The lowest BCUT2D eigenvalue weighted by molar-refractivity contribution is -0.142. The number of aldehydes is 1. The molecule has 10 atom stereocenters. The molecule has 0 radical (unpaired) electrons. The number of likely N-dealkylation sites (tertiary alicyclic amines) is 1. The SMILES string of the molecule is CC[C@H](C)C(C(CC(=O)N1CCC[C@H]1[C@H](O)[C@@H](C)C(=O)N[C@H](C)[C@@H](O)c1ccccc1)OC)N(C)CC(C=O)(NC(=O)[C@@H](NC)C(C)C)C(C)C. The Kier molecular flexibility index (Phi) is 17.7. The van der Waals surface area contributed by atoms with Crippen LogP contribution in [0.3, 0.4) is 0 Å². The van der Waals surface area contributed by atoms with Crippen molar-refractivity contribution in [1.29, 1.82) is 0 Å². The highest BCUT2D eigenvalue weighted by Crippen LogP contribution is 2.29. The molecule has 2 rings (SSSR count). The molecule has 0 aliphatic carbocycles. The van der Waals surface area contributed by atoms with Gasteiger partial charge in [-0.05, 0) is 57.2 Å². The molecule has 3 amide bonds. The minimum absolute atomic E-state index is 0.0161. The molecule has 1 heterocycles. The van der Waals surface area contributed by atoms with Gasteiger partial charge in [0.2, 0.25) is 17.7 Å². The number of amides is 3. The first-order valence-electron chi connectivity index (χ1n) is 18.7. The number of hydrogen-bond acceptors (Lipinski definition) is 9. The average Bonchev–Trinajstić information content (AvgIpc) is 3.60. The number of nitrogens with one attached hydrogen (secondary N) is 3. The van der Waals surface area contributed by atoms with E-state index in [-0.39, 0.29) is 48.6 Å². The van der Waals surface area contributed by atoms with Crippen molar-refractivity contribution in [3.8, 4) is 0 Å². The predicted molar refractivity (Wildman–Crippen MR) is 200 cm³/mol. The number of likely N-dealkylation sites (N-methyl/N-ethyl adjacent to an activating group) is 2. The van der Waals surface area contributed by atoms with Gasteiger partial charge in [0.15, 0.2) is 0 Å². The number of methoxy groups -OCH3 is 1. The van der Waals surface area contributed by atoms with Gasteiger partial charge in [-0.1, -0.05) is 85.2 Å². The summed E-state index contributed by atoms with van der Waals surface area (Å²) in [4.78, 5) is 57.1. The zero-order valence-electron chi connectivity index (χ0n) is 32.9. The van der Waals surface area contributed by atoms with Crippen LogP contribution in [-0.4, -0.2) is 120 Å².